The topological polar surface area (TPSA) is 30.7 Å². The first kappa shape index (κ1) is 12.5. The first-order valence-corrected chi connectivity index (χ1v) is 6.69. The molecule has 0 radical (unpaired) electrons. The van der Waals surface area contributed by atoms with Gasteiger partial charge in [-0.2, -0.15) is 0 Å². The molecule has 1 aliphatic rings. The van der Waals surface area contributed by atoms with Gasteiger partial charge in [0.25, 0.3) is 0 Å². The first-order valence-electron chi connectivity index (χ1n) is 4.85. The van der Waals surface area contributed by atoms with Crippen LogP contribution in [0.4, 0.5) is 0 Å². The molecule has 14 heavy (non-hydrogen) atoms. The van der Waals surface area contributed by atoms with Gasteiger partial charge < -0.3 is 9.64 Å². The Labute approximate surface area is 101 Å². The number of halogens is 2. The highest BCUT2D eigenvalue weighted by atomic mass is 79.9. The molecular weight excluding hydrogens is 314 g/mol. The molecule has 0 bridgehead atoms. The van der Waals surface area contributed by atoms with E-state index in [2.05, 4.69) is 38.9 Å². The van der Waals surface area contributed by atoms with Gasteiger partial charge in [-0.05, 0) is 12.8 Å². The monoisotopic (exact) mass is 328 g/mol. The van der Waals surface area contributed by atoms with Crippen LogP contribution in [0.3, 0.4) is 0 Å². The fourth-order valence-electron chi connectivity index (χ4n) is 1.79. The van der Waals surface area contributed by atoms with Crippen LogP contribution in [0.1, 0.15) is 12.8 Å². The second kappa shape index (κ2) is 6.08. The molecule has 82 valence electrons. The summed E-state index contributed by atoms with van der Waals surface area (Å²) in [5.41, 5.74) is 0. The van der Waals surface area contributed by atoms with Crippen LogP contribution in [0, 0.1) is 5.92 Å². The minimum absolute atomic E-state index is 0.228. The lowest BCUT2D eigenvalue weighted by atomic mass is 10.00. The first-order chi connectivity index (χ1) is 6.59. The van der Waals surface area contributed by atoms with Gasteiger partial charge in [0.05, 0.1) is 26.7 Å². The number of piperidine rings is 1. The number of hydrogen-bond acceptors (Lipinski definition) is 2. The molecule has 2 atom stereocenters. The summed E-state index contributed by atoms with van der Waals surface area (Å²) >= 11 is 6.23. The Kier molecular flexibility index (Phi) is 5.41. The molecule has 2 unspecified atom stereocenters. The van der Waals surface area contributed by atoms with Crippen LogP contribution in [-0.4, -0.2) is 36.4 Å². The van der Waals surface area contributed by atoms with E-state index >= 15 is 0 Å². The van der Waals surface area contributed by atoms with Gasteiger partial charge in [-0.15, -0.1) is 0 Å². The van der Waals surface area contributed by atoms with Crippen LogP contribution in [-0.2, 0) is 9.53 Å². The Morgan fingerprint density at radius 3 is 2.93 bits per heavy atom. The third-order valence-corrected chi connectivity index (χ3v) is 3.24. The van der Waals surface area contributed by atoms with E-state index in [1.807, 2.05) is 0 Å². The number of hydrogen-bond donors (Lipinski definition) is 1. The molecule has 1 fully saturated rings. The average Bonchev–Trinajstić information content (AvgIpc) is 2.14. The lowest BCUT2D eigenvalue weighted by Crippen LogP contribution is -3.10. The number of ether oxygens (including phenoxy) is 1. The van der Waals surface area contributed by atoms with Gasteiger partial charge in [0.15, 0.2) is 3.74 Å². The number of rotatable bonds is 3. The maximum atomic E-state index is 11.1. The molecular formula is C9H16Br2NO2+. The summed E-state index contributed by atoms with van der Waals surface area (Å²) in [4.78, 5) is 12.7. The molecule has 0 aromatic carbocycles. The molecule has 1 N–H and O–H groups in total. The largest absolute Gasteiger partial charge is 0.464 e. The summed E-state index contributed by atoms with van der Waals surface area (Å²) < 4.78 is 4.77. The van der Waals surface area contributed by atoms with Crippen LogP contribution in [0.25, 0.3) is 0 Å². The summed E-state index contributed by atoms with van der Waals surface area (Å²) in [7, 11) is 2.19. The number of likely N-dealkylation sites (tertiary alicyclic amines) is 1. The van der Waals surface area contributed by atoms with E-state index in [4.69, 9.17) is 4.74 Å². The van der Waals surface area contributed by atoms with E-state index in [-0.39, 0.29) is 9.71 Å². The third kappa shape index (κ3) is 4.28. The third-order valence-electron chi connectivity index (χ3n) is 2.49. The van der Waals surface area contributed by atoms with Crippen molar-refractivity contribution in [2.24, 2.45) is 5.92 Å². The molecule has 5 heteroatoms. The Bertz CT molecular complexity index is 199. The second-order valence-electron chi connectivity index (χ2n) is 3.85. The zero-order chi connectivity index (χ0) is 10.6. The molecule has 0 amide bonds. The van der Waals surface area contributed by atoms with Crippen molar-refractivity contribution >= 4 is 37.8 Å². The summed E-state index contributed by atoms with van der Waals surface area (Å²) in [5.74, 6) is 0.305. The van der Waals surface area contributed by atoms with Crippen molar-refractivity contribution in [1.82, 2.24) is 0 Å². The highest BCUT2D eigenvalue weighted by Gasteiger charge is 2.22. The van der Waals surface area contributed by atoms with Crippen molar-refractivity contribution in [2.45, 2.75) is 16.6 Å². The van der Waals surface area contributed by atoms with Crippen molar-refractivity contribution in [1.29, 1.82) is 0 Å². The number of esters is 1. The molecule has 0 aromatic heterocycles. The van der Waals surface area contributed by atoms with E-state index in [0.717, 1.165) is 6.54 Å². The van der Waals surface area contributed by atoms with Gasteiger partial charge in [0, 0.05) is 5.92 Å². The fourth-order valence-corrected chi connectivity index (χ4v) is 2.06. The number of alkyl halides is 2. The van der Waals surface area contributed by atoms with Crippen LogP contribution in [0.15, 0.2) is 0 Å². The van der Waals surface area contributed by atoms with Crippen molar-refractivity contribution in [3.05, 3.63) is 0 Å². The van der Waals surface area contributed by atoms with Crippen molar-refractivity contribution in [3.63, 3.8) is 0 Å². The molecule has 0 spiro atoms. The summed E-state index contributed by atoms with van der Waals surface area (Å²) in [6, 6.07) is 0. The standard InChI is InChI=1S/C9H15Br2NO2/c1-12-4-2-3-7(5-12)6-14-9(13)8(10)11/h7-8H,2-6H2,1H3/p+1. The smallest absolute Gasteiger partial charge is 0.330 e. The molecule has 1 heterocycles. The number of carbonyl (C=O) groups is 1. The Hall–Kier alpha value is 0.390. The second-order valence-corrected chi connectivity index (χ2v) is 6.91. The SMILES string of the molecule is C[NH+]1CCCC(COC(=O)C(Br)Br)C1. The normalized spacial score (nSPS) is 27.7. The number of quaternary nitrogens is 1. The Balaban J connectivity index is 2.20. The predicted octanol–water partition coefficient (Wildman–Crippen LogP) is 0.570. The van der Waals surface area contributed by atoms with Gasteiger partial charge in [-0.3, -0.25) is 0 Å². The van der Waals surface area contributed by atoms with Crippen LogP contribution in [0.5, 0.6) is 0 Å². The van der Waals surface area contributed by atoms with Gasteiger partial charge >= 0.3 is 5.97 Å². The lowest BCUT2D eigenvalue weighted by molar-refractivity contribution is -0.888. The van der Waals surface area contributed by atoms with Gasteiger partial charge in [0.2, 0.25) is 0 Å². The van der Waals surface area contributed by atoms with Crippen LogP contribution >= 0.6 is 31.9 Å². The maximum Gasteiger partial charge on any atom is 0.330 e. The summed E-state index contributed by atoms with van der Waals surface area (Å²) in [6.07, 6.45) is 2.42. The Morgan fingerprint density at radius 1 is 1.64 bits per heavy atom. The molecule has 0 aliphatic carbocycles. The highest BCUT2D eigenvalue weighted by molar-refractivity contribution is 9.25. The zero-order valence-corrected chi connectivity index (χ0v) is 11.4. The maximum absolute atomic E-state index is 11.1. The fraction of sp³-hybridized carbons (Fsp3) is 0.889. The molecule has 1 saturated heterocycles. The molecule has 0 aromatic rings. The lowest BCUT2D eigenvalue weighted by Gasteiger charge is -2.26. The molecule has 0 saturated carbocycles. The van der Waals surface area contributed by atoms with Crippen molar-refractivity contribution in [3.8, 4) is 0 Å². The van der Waals surface area contributed by atoms with Crippen LogP contribution in [0.2, 0.25) is 0 Å². The van der Waals surface area contributed by atoms with Gasteiger partial charge in [-0.1, -0.05) is 31.9 Å². The van der Waals surface area contributed by atoms with E-state index in [1.165, 1.54) is 24.3 Å². The van der Waals surface area contributed by atoms with Crippen LogP contribution < -0.4 is 4.90 Å². The number of nitrogens with one attached hydrogen (secondary N) is 1. The zero-order valence-electron chi connectivity index (χ0n) is 8.26. The van der Waals surface area contributed by atoms with E-state index < -0.39 is 0 Å². The highest BCUT2D eigenvalue weighted by Crippen LogP contribution is 2.12. The van der Waals surface area contributed by atoms with E-state index in [1.54, 1.807) is 0 Å². The average molecular weight is 330 g/mol. The summed E-state index contributed by atoms with van der Waals surface area (Å²) in [5, 5.41) is 0. The predicted molar refractivity (Wildman–Crippen MR) is 61.9 cm³/mol. The number of carbonyl (C=O) groups excluding carboxylic acids is 1. The summed E-state index contributed by atoms with van der Waals surface area (Å²) in [6.45, 7) is 2.91. The van der Waals surface area contributed by atoms with Gasteiger partial charge in [0.1, 0.15) is 0 Å². The quantitative estimate of drug-likeness (QED) is 0.606. The molecule has 1 aliphatic heterocycles. The Morgan fingerprint density at radius 2 is 2.36 bits per heavy atom. The minimum atomic E-state index is -0.372. The van der Waals surface area contributed by atoms with E-state index in [0.29, 0.717) is 12.5 Å². The minimum Gasteiger partial charge on any atom is -0.464 e. The van der Waals surface area contributed by atoms with Crippen molar-refractivity contribution < 1.29 is 14.4 Å². The molecule has 3 nitrogen and oxygen atoms in total. The van der Waals surface area contributed by atoms with Gasteiger partial charge in [-0.25, -0.2) is 4.79 Å². The van der Waals surface area contributed by atoms with Crippen molar-refractivity contribution in [2.75, 3.05) is 26.7 Å². The molecule has 1 rings (SSSR count). The van der Waals surface area contributed by atoms with E-state index in [9.17, 15) is 4.79 Å².